The van der Waals surface area contributed by atoms with Gasteiger partial charge in [-0.15, -0.1) is 0 Å². The number of nitrogens with one attached hydrogen (secondary N) is 4. The van der Waals surface area contributed by atoms with Gasteiger partial charge in [0.05, 0.1) is 21.5 Å². The summed E-state index contributed by atoms with van der Waals surface area (Å²) in [4.78, 5) is 30.1. The minimum absolute atomic E-state index is 0.0832. The molecule has 4 fully saturated rings. The number of hydrogen-bond acceptors (Lipinski definition) is 12. The lowest BCUT2D eigenvalue weighted by Gasteiger charge is -2.39. The molecule has 8 rings (SSSR count). The number of hydrogen-bond donors (Lipinski definition) is 4. The van der Waals surface area contributed by atoms with Gasteiger partial charge >= 0.3 is 0 Å². The van der Waals surface area contributed by atoms with Gasteiger partial charge in [0, 0.05) is 87.7 Å². The van der Waals surface area contributed by atoms with Crippen molar-refractivity contribution in [1.82, 2.24) is 20.5 Å². The summed E-state index contributed by atoms with van der Waals surface area (Å²) < 4.78 is 42.0. The molecule has 2 saturated heterocycles. The molecule has 63 heavy (non-hydrogen) atoms. The average Bonchev–Trinajstić information content (AvgIpc) is 3.77. The Hall–Kier alpha value is -4.25. The molecule has 16 heteroatoms. The van der Waals surface area contributed by atoms with E-state index in [4.69, 9.17) is 21.1 Å². The van der Waals surface area contributed by atoms with Crippen molar-refractivity contribution in [2.24, 2.45) is 17.3 Å². The molecular formula is C47H62ClN7O7S. The number of allylic oxidation sites excluding steroid dienone is 1. The Morgan fingerprint density at radius 3 is 2.48 bits per heavy atom. The van der Waals surface area contributed by atoms with Crippen LogP contribution in [0.2, 0.25) is 5.02 Å². The van der Waals surface area contributed by atoms with Crippen molar-refractivity contribution in [3.8, 4) is 5.75 Å². The van der Waals surface area contributed by atoms with Gasteiger partial charge in [-0.25, -0.2) is 13.1 Å². The number of rotatable bonds is 14. The molecular weight excluding hydrogens is 842 g/mol. The maximum absolute atomic E-state index is 14.1. The molecule has 3 aromatic carbocycles. The number of hydrazine groups is 1. The predicted molar refractivity (Wildman–Crippen MR) is 247 cm³/mol. The Morgan fingerprint density at radius 2 is 1.75 bits per heavy atom. The molecule has 4 N–H and O–H groups in total. The van der Waals surface area contributed by atoms with Gasteiger partial charge in [-0.1, -0.05) is 43.2 Å². The fraction of sp³-hybridized carbons (Fsp3) is 0.553. The summed E-state index contributed by atoms with van der Waals surface area (Å²) >= 11 is 6.26. The number of carbonyl (C=O) groups excluding carboxylic acids is 1. The van der Waals surface area contributed by atoms with Crippen molar-refractivity contribution in [3.05, 3.63) is 92.5 Å². The Labute approximate surface area is 376 Å². The van der Waals surface area contributed by atoms with Crippen LogP contribution in [0.25, 0.3) is 5.57 Å². The second-order valence-corrected chi connectivity index (χ2v) is 21.0. The summed E-state index contributed by atoms with van der Waals surface area (Å²) in [7, 11) is -2.80. The van der Waals surface area contributed by atoms with E-state index < -0.39 is 20.9 Å². The highest BCUT2D eigenvalue weighted by Gasteiger charge is 2.39. The molecule has 3 aromatic rings. The van der Waals surface area contributed by atoms with Crippen molar-refractivity contribution >= 4 is 50.2 Å². The maximum atomic E-state index is 14.1. The van der Waals surface area contributed by atoms with Crippen molar-refractivity contribution in [2.45, 2.75) is 101 Å². The number of halogens is 1. The van der Waals surface area contributed by atoms with Crippen LogP contribution in [-0.4, -0.2) is 95.3 Å². The third-order valence-corrected chi connectivity index (χ3v) is 15.6. The van der Waals surface area contributed by atoms with Crippen molar-refractivity contribution in [1.29, 1.82) is 0 Å². The van der Waals surface area contributed by atoms with E-state index in [1.807, 2.05) is 24.3 Å². The van der Waals surface area contributed by atoms with E-state index in [1.165, 1.54) is 28.8 Å². The summed E-state index contributed by atoms with van der Waals surface area (Å²) in [6.45, 7) is 10.1. The smallest absolute Gasteiger partial charge is 0.293 e. The van der Waals surface area contributed by atoms with E-state index >= 15 is 0 Å². The van der Waals surface area contributed by atoms with E-state index in [0.717, 1.165) is 120 Å². The minimum Gasteiger partial charge on any atom is -0.489 e. The van der Waals surface area contributed by atoms with Crippen LogP contribution in [0.15, 0.2) is 71.1 Å². The van der Waals surface area contributed by atoms with Gasteiger partial charge in [0.2, 0.25) is 0 Å². The van der Waals surface area contributed by atoms with Crippen molar-refractivity contribution < 1.29 is 27.6 Å². The van der Waals surface area contributed by atoms with Crippen LogP contribution in [0.1, 0.15) is 94.0 Å². The molecule has 340 valence electrons. The second-order valence-electron chi connectivity index (χ2n) is 18.9. The van der Waals surface area contributed by atoms with Crippen LogP contribution >= 0.6 is 11.6 Å². The van der Waals surface area contributed by atoms with E-state index in [1.54, 1.807) is 13.2 Å². The molecule has 1 amide bonds. The number of fused-ring (bicyclic) bond motifs is 1. The number of carbonyl (C=O) groups is 1. The van der Waals surface area contributed by atoms with Crippen molar-refractivity contribution in [2.75, 3.05) is 63.1 Å². The SMILES string of the molecule is COC1CCC(CNc2ccc(S(=O)(=O)NC(=O)c3ccc(N4CCN(CC5=C(c6ccc(Cl)cc6)CC(C)(C)CC5)CC4)cc3OC3CCCC4NNCC43)cc2[N+](=O)[O-])CC1. The molecule has 0 bridgehead atoms. The van der Waals surface area contributed by atoms with Gasteiger partial charge in [-0.2, -0.15) is 0 Å². The summed E-state index contributed by atoms with van der Waals surface area (Å²) in [5.74, 6) is -0.0592. The standard InChI is InChI=1S/C47H62ClN7O7S/c1-47(2)20-19-33(39(27-47)32-9-11-34(48)12-10-32)30-53-21-23-54(24-22-53)35-13-17-38(45(25-35)62-44-6-4-5-41-40(44)29-50-51-41)46(56)52-63(59,60)37-16-18-42(43(26-37)55(57)58)49-28-31-7-14-36(61-3)15-8-31/h9-13,16-18,25-26,31,36,40-41,44,49-51H,4-8,14-15,19-24,27-30H2,1-3H3,(H,52,56). The molecule has 0 radical (unpaired) electrons. The fourth-order valence-electron chi connectivity index (χ4n) is 10.2. The van der Waals surface area contributed by atoms with Crippen LogP contribution in [0.3, 0.4) is 0 Å². The quantitative estimate of drug-likeness (QED) is 0.0918. The topological polar surface area (TPSA) is 167 Å². The third-order valence-electron chi connectivity index (χ3n) is 14.1. The number of sulfonamides is 1. The first kappa shape index (κ1) is 45.3. The first-order chi connectivity index (χ1) is 30.2. The normalized spacial score (nSPS) is 25.3. The average molecular weight is 905 g/mol. The van der Waals surface area contributed by atoms with Gasteiger partial charge in [0.25, 0.3) is 21.6 Å². The number of benzene rings is 3. The molecule has 3 unspecified atom stereocenters. The number of amides is 1. The first-order valence-corrected chi connectivity index (χ1v) is 24.5. The zero-order chi connectivity index (χ0) is 44.3. The highest BCUT2D eigenvalue weighted by molar-refractivity contribution is 7.90. The Morgan fingerprint density at radius 1 is 0.984 bits per heavy atom. The Balaban J connectivity index is 0.979. The highest BCUT2D eigenvalue weighted by atomic mass is 35.5. The molecule has 14 nitrogen and oxygen atoms in total. The van der Waals surface area contributed by atoms with Gasteiger partial charge < -0.3 is 19.7 Å². The monoisotopic (exact) mass is 903 g/mol. The van der Waals surface area contributed by atoms with Crippen LogP contribution in [0.4, 0.5) is 17.1 Å². The van der Waals surface area contributed by atoms with E-state index in [9.17, 15) is 23.3 Å². The van der Waals surface area contributed by atoms with E-state index in [2.05, 4.69) is 56.7 Å². The fourth-order valence-corrected chi connectivity index (χ4v) is 11.3. The first-order valence-electron chi connectivity index (χ1n) is 22.6. The van der Waals surface area contributed by atoms with Crippen LogP contribution < -0.4 is 30.5 Å². The summed E-state index contributed by atoms with van der Waals surface area (Å²) in [6.07, 6.45) is 9.77. The molecule has 5 aliphatic rings. The summed E-state index contributed by atoms with van der Waals surface area (Å²) in [6, 6.07) is 17.5. The lowest BCUT2D eigenvalue weighted by molar-refractivity contribution is -0.384. The molecule has 2 aliphatic heterocycles. The van der Waals surface area contributed by atoms with E-state index in [-0.39, 0.29) is 51.4 Å². The summed E-state index contributed by atoms with van der Waals surface area (Å²) in [5.41, 5.74) is 11.8. The van der Waals surface area contributed by atoms with Crippen molar-refractivity contribution in [3.63, 3.8) is 0 Å². The molecule has 2 heterocycles. The predicted octanol–water partition coefficient (Wildman–Crippen LogP) is 7.79. The zero-order valence-corrected chi connectivity index (χ0v) is 38.2. The highest BCUT2D eigenvalue weighted by Crippen LogP contribution is 2.44. The summed E-state index contributed by atoms with van der Waals surface area (Å²) in [5, 5.41) is 16.1. The molecule has 2 saturated carbocycles. The number of anilines is 2. The zero-order valence-electron chi connectivity index (χ0n) is 36.7. The van der Waals surface area contributed by atoms with Gasteiger partial charge in [-0.05, 0) is 123 Å². The lowest BCUT2D eigenvalue weighted by Crippen LogP contribution is -2.47. The van der Waals surface area contributed by atoms with Crippen LogP contribution in [0.5, 0.6) is 5.75 Å². The second kappa shape index (κ2) is 19.5. The Bertz CT molecular complexity index is 2270. The number of nitro benzene ring substituents is 1. The maximum Gasteiger partial charge on any atom is 0.293 e. The van der Waals surface area contributed by atoms with Gasteiger partial charge in [0.15, 0.2) is 0 Å². The van der Waals surface area contributed by atoms with Gasteiger partial charge in [-0.3, -0.25) is 30.7 Å². The third kappa shape index (κ3) is 10.8. The van der Waals surface area contributed by atoms with Crippen LogP contribution in [-0.2, 0) is 14.8 Å². The number of nitro groups is 1. The number of methoxy groups -OCH3 is 1. The largest absolute Gasteiger partial charge is 0.489 e. The molecule has 3 atom stereocenters. The minimum atomic E-state index is -4.52. The molecule has 3 aliphatic carbocycles. The van der Waals surface area contributed by atoms with E-state index in [0.29, 0.717) is 18.2 Å². The molecule has 0 spiro atoms. The van der Waals surface area contributed by atoms with Crippen LogP contribution in [0, 0.1) is 27.4 Å². The molecule has 0 aromatic heterocycles. The Kier molecular flexibility index (Phi) is 14.0. The number of nitrogens with zero attached hydrogens (tertiary/aromatic N) is 3. The van der Waals surface area contributed by atoms with Gasteiger partial charge in [0.1, 0.15) is 17.5 Å². The lowest BCUT2D eigenvalue weighted by atomic mass is 9.72. The number of ether oxygens (including phenoxy) is 2. The number of piperazine rings is 1.